The summed E-state index contributed by atoms with van der Waals surface area (Å²) in [6, 6.07) is 1.97. The van der Waals surface area contributed by atoms with Gasteiger partial charge in [-0.2, -0.15) is 0 Å². The fourth-order valence-electron chi connectivity index (χ4n) is 1.87. The molecular weight excluding hydrogens is 290 g/mol. The molecular formula is C14H19N3OS2. The molecule has 0 unspecified atom stereocenters. The van der Waals surface area contributed by atoms with Crippen molar-refractivity contribution in [1.82, 2.24) is 10.2 Å². The smallest absolute Gasteiger partial charge is 0.267 e. The fourth-order valence-corrected chi connectivity index (χ4v) is 3.66. The number of thiophene rings is 1. The highest BCUT2D eigenvalue weighted by Gasteiger charge is 2.14. The van der Waals surface area contributed by atoms with Gasteiger partial charge in [0, 0.05) is 11.3 Å². The van der Waals surface area contributed by atoms with Crippen LogP contribution in [-0.4, -0.2) is 16.1 Å². The van der Waals surface area contributed by atoms with Gasteiger partial charge in [-0.05, 0) is 31.4 Å². The minimum Gasteiger partial charge on any atom is -0.296 e. The Morgan fingerprint density at radius 3 is 2.75 bits per heavy atom. The van der Waals surface area contributed by atoms with Gasteiger partial charge in [0.15, 0.2) is 0 Å². The Balaban J connectivity index is 2.01. The van der Waals surface area contributed by atoms with Crippen molar-refractivity contribution in [3.63, 3.8) is 0 Å². The maximum absolute atomic E-state index is 12.2. The van der Waals surface area contributed by atoms with E-state index in [0.29, 0.717) is 5.13 Å². The van der Waals surface area contributed by atoms with Gasteiger partial charge in [-0.1, -0.05) is 31.6 Å². The largest absolute Gasteiger partial charge is 0.296 e. The third-order valence-corrected chi connectivity index (χ3v) is 5.05. The summed E-state index contributed by atoms with van der Waals surface area (Å²) in [5.41, 5.74) is 1.24. The number of aryl methyl sites for hydroxylation is 3. The molecule has 0 fully saturated rings. The number of nitrogens with zero attached hydrogens (tertiary/aromatic N) is 2. The molecule has 1 N–H and O–H groups in total. The van der Waals surface area contributed by atoms with Crippen LogP contribution in [0.4, 0.5) is 5.13 Å². The van der Waals surface area contributed by atoms with Gasteiger partial charge >= 0.3 is 0 Å². The zero-order valence-electron chi connectivity index (χ0n) is 12.0. The lowest BCUT2D eigenvalue weighted by molar-refractivity contribution is 0.103. The number of carbonyl (C=O) groups excluding carboxylic acids is 1. The first-order valence-electron chi connectivity index (χ1n) is 6.87. The Morgan fingerprint density at radius 2 is 2.10 bits per heavy atom. The van der Waals surface area contributed by atoms with Gasteiger partial charge < -0.3 is 0 Å². The standard InChI is InChI=1S/C14H19N3OS2/c1-4-6-7-12-16-17-14(20-12)15-13(18)11-8-10(5-2)9(3)19-11/h8H,4-7H2,1-3H3,(H,15,17,18). The van der Waals surface area contributed by atoms with Gasteiger partial charge in [-0.25, -0.2) is 0 Å². The molecule has 6 heteroatoms. The molecule has 0 radical (unpaired) electrons. The van der Waals surface area contributed by atoms with Crippen molar-refractivity contribution in [2.45, 2.75) is 46.5 Å². The predicted octanol–water partition coefficient (Wildman–Crippen LogP) is 4.07. The number of carbonyl (C=O) groups is 1. The van der Waals surface area contributed by atoms with Crippen LogP contribution in [0.1, 0.15) is 51.8 Å². The summed E-state index contributed by atoms with van der Waals surface area (Å²) in [5.74, 6) is -0.0870. The molecule has 108 valence electrons. The zero-order valence-corrected chi connectivity index (χ0v) is 13.7. The van der Waals surface area contributed by atoms with E-state index in [1.165, 1.54) is 33.1 Å². The van der Waals surface area contributed by atoms with Gasteiger partial charge in [-0.15, -0.1) is 21.5 Å². The zero-order chi connectivity index (χ0) is 14.5. The molecule has 2 aromatic rings. The normalized spacial score (nSPS) is 10.8. The predicted molar refractivity (Wildman–Crippen MR) is 84.9 cm³/mol. The Morgan fingerprint density at radius 1 is 1.30 bits per heavy atom. The lowest BCUT2D eigenvalue weighted by atomic mass is 10.2. The summed E-state index contributed by atoms with van der Waals surface area (Å²) >= 11 is 2.99. The van der Waals surface area contributed by atoms with Crippen LogP contribution in [0.15, 0.2) is 6.07 Å². The average Bonchev–Trinajstić information content (AvgIpc) is 3.03. The Hall–Kier alpha value is -1.27. The van der Waals surface area contributed by atoms with Crippen LogP contribution >= 0.6 is 22.7 Å². The van der Waals surface area contributed by atoms with E-state index in [2.05, 4.69) is 29.4 Å². The van der Waals surface area contributed by atoms with Gasteiger partial charge in [0.05, 0.1) is 4.88 Å². The van der Waals surface area contributed by atoms with Crippen molar-refractivity contribution < 1.29 is 4.79 Å². The SMILES string of the molecule is CCCCc1nnc(NC(=O)c2cc(CC)c(C)s2)s1. The molecule has 0 bridgehead atoms. The van der Waals surface area contributed by atoms with Crippen LogP contribution in [-0.2, 0) is 12.8 Å². The second kappa shape index (κ2) is 6.95. The molecule has 0 atom stereocenters. The fraction of sp³-hybridized carbons (Fsp3) is 0.500. The van der Waals surface area contributed by atoms with Crippen molar-refractivity contribution in [2.75, 3.05) is 5.32 Å². The highest BCUT2D eigenvalue weighted by Crippen LogP contribution is 2.24. The monoisotopic (exact) mass is 309 g/mol. The molecule has 20 heavy (non-hydrogen) atoms. The molecule has 0 aliphatic heterocycles. The number of amides is 1. The van der Waals surface area contributed by atoms with Crippen molar-refractivity contribution >= 4 is 33.7 Å². The average molecular weight is 309 g/mol. The molecule has 0 aromatic carbocycles. The van der Waals surface area contributed by atoms with E-state index < -0.39 is 0 Å². The topological polar surface area (TPSA) is 54.9 Å². The Bertz CT molecular complexity index is 589. The first kappa shape index (κ1) is 15.1. The molecule has 2 aromatic heterocycles. The van der Waals surface area contributed by atoms with Crippen LogP contribution in [0.5, 0.6) is 0 Å². The Kier molecular flexibility index (Phi) is 5.25. The van der Waals surface area contributed by atoms with Crippen molar-refractivity contribution in [1.29, 1.82) is 0 Å². The van der Waals surface area contributed by atoms with E-state index >= 15 is 0 Å². The van der Waals surface area contributed by atoms with Gasteiger partial charge in [0.2, 0.25) is 5.13 Å². The van der Waals surface area contributed by atoms with E-state index in [0.717, 1.165) is 35.6 Å². The number of nitrogens with one attached hydrogen (secondary N) is 1. The van der Waals surface area contributed by atoms with Crippen LogP contribution in [0.3, 0.4) is 0 Å². The number of hydrogen-bond acceptors (Lipinski definition) is 5. The molecule has 4 nitrogen and oxygen atoms in total. The second-order valence-corrected chi connectivity index (χ2v) is 6.92. The third-order valence-electron chi connectivity index (χ3n) is 3.06. The summed E-state index contributed by atoms with van der Waals surface area (Å²) < 4.78 is 0. The molecule has 1 amide bonds. The van der Waals surface area contributed by atoms with E-state index in [1.54, 1.807) is 0 Å². The summed E-state index contributed by atoms with van der Waals surface area (Å²) in [5, 5.41) is 12.5. The molecule has 2 rings (SSSR count). The van der Waals surface area contributed by atoms with E-state index in [4.69, 9.17) is 0 Å². The van der Waals surface area contributed by atoms with Gasteiger partial charge in [0.25, 0.3) is 5.91 Å². The lowest BCUT2D eigenvalue weighted by Gasteiger charge is -1.96. The molecule has 2 heterocycles. The number of hydrogen-bond donors (Lipinski definition) is 1. The molecule has 0 aliphatic carbocycles. The minimum atomic E-state index is -0.0870. The highest BCUT2D eigenvalue weighted by molar-refractivity contribution is 7.16. The molecule has 0 spiro atoms. The maximum Gasteiger partial charge on any atom is 0.267 e. The quantitative estimate of drug-likeness (QED) is 0.875. The maximum atomic E-state index is 12.2. The van der Waals surface area contributed by atoms with Crippen LogP contribution < -0.4 is 5.32 Å². The van der Waals surface area contributed by atoms with Crippen molar-refractivity contribution in [3.05, 3.63) is 26.4 Å². The summed E-state index contributed by atoms with van der Waals surface area (Å²) in [6.45, 7) is 6.30. The number of anilines is 1. The number of unbranched alkanes of at least 4 members (excludes halogenated alkanes) is 1. The summed E-state index contributed by atoms with van der Waals surface area (Å²) in [4.78, 5) is 14.1. The first-order chi connectivity index (χ1) is 9.63. The van der Waals surface area contributed by atoms with E-state index in [1.807, 2.05) is 13.0 Å². The molecule has 0 saturated heterocycles. The Labute approximate surface area is 127 Å². The van der Waals surface area contributed by atoms with Crippen molar-refractivity contribution in [3.8, 4) is 0 Å². The summed E-state index contributed by atoms with van der Waals surface area (Å²) in [6.07, 6.45) is 4.12. The van der Waals surface area contributed by atoms with Crippen LogP contribution in [0.25, 0.3) is 0 Å². The summed E-state index contributed by atoms with van der Waals surface area (Å²) in [7, 11) is 0. The lowest BCUT2D eigenvalue weighted by Crippen LogP contribution is -2.09. The van der Waals surface area contributed by atoms with E-state index in [-0.39, 0.29) is 5.91 Å². The minimum absolute atomic E-state index is 0.0870. The van der Waals surface area contributed by atoms with E-state index in [9.17, 15) is 4.79 Å². The molecule has 0 aliphatic rings. The first-order valence-corrected chi connectivity index (χ1v) is 8.50. The highest BCUT2D eigenvalue weighted by atomic mass is 32.1. The number of aromatic nitrogens is 2. The second-order valence-electron chi connectivity index (χ2n) is 4.60. The number of rotatable bonds is 6. The van der Waals surface area contributed by atoms with Crippen LogP contribution in [0, 0.1) is 6.92 Å². The van der Waals surface area contributed by atoms with Crippen LogP contribution in [0.2, 0.25) is 0 Å². The van der Waals surface area contributed by atoms with Crippen molar-refractivity contribution in [2.24, 2.45) is 0 Å². The van der Waals surface area contributed by atoms with Gasteiger partial charge in [0.1, 0.15) is 5.01 Å². The third kappa shape index (κ3) is 3.64. The molecule has 0 saturated carbocycles. The van der Waals surface area contributed by atoms with Gasteiger partial charge in [-0.3, -0.25) is 10.1 Å².